The van der Waals surface area contributed by atoms with Crippen molar-refractivity contribution >= 4 is 16.9 Å². The predicted molar refractivity (Wildman–Crippen MR) is 79.1 cm³/mol. The van der Waals surface area contributed by atoms with Crippen molar-refractivity contribution in [2.75, 3.05) is 20.3 Å². The van der Waals surface area contributed by atoms with E-state index >= 15 is 0 Å². The van der Waals surface area contributed by atoms with Crippen LogP contribution in [-0.2, 0) is 18.3 Å². The molecule has 0 aliphatic rings. The summed E-state index contributed by atoms with van der Waals surface area (Å²) < 4.78 is 6.28. The number of benzene rings is 1. The monoisotopic (exact) mass is 290 g/mol. The third-order valence-corrected chi connectivity index (χ3v) is 3.07. The Morgan fingerprint density at radius 3 is 2.86 bits per heavy atom. The molecule has 0 unspecified atom stereocenters. The predicted octanol–water partition coefficient (Wildman–Crippen LogP) is 0.379. The van der Waals surface area contributed by atoms with E-state index in [1.165, 1.54) is 4.57 Å². The van der Waals surface area contributed by atoms with E-state index in [1.54, 1.807) is 32.4 Å². The SMILES string of the molecule is COCCNC(=O)NCc1nc2ccccc2c(=O)n1C. The molecule has 0 atom stereocenters. The molecule has 0 bridgehead atoms. The first kappa shape index (κ1) is 15.0. The van der Waals surface area contributed by atoms with E-state index in [0.717, 1.165) is 0 Å². The molecule has 0 radical (unpaired) electrons. The Balaban J connectivity index is 2.10. The minimum Gasteiger partial charge on any atom is -0.383 e. The van der Waals surface area contributed by atoms with Crippen LogP contribution in [0.2, 0.25) is 0 Å². The molecule has 0 aliphatic carbocycles. The van der Waals surface area contributed by atoms with Crippen LogP contribution in [0.5, 0.6) is 0 Å². The van der Waals surface area contributed by atoms with Gasteiger partial charge in [0.15, 0.2) is 0 Å². The normalized spacial score (nSPS) is 10.6. The Hall–Kier alpha value is -2.41. The quantitative estimate of drug-likeness (QED) is 0.780. The average Bonchev–Trinajstić information content (AvgIpc) is 2.50. The number of fused-ring (bicyclic) bond motifs is 1. The largest absolute Gasteiger partial charge is 0.383 e. The number of urea groups is 1. The van der Waals surface area contributed by atoms with Gasteiger partial charge in [-0.3, -0.25) is 9.36 Å². The fourth-order valence-electron chi connectivity index (χ4n) is 1.91. The Labute approximate surface area is 121 Å². The molecule has 2 aromatic rings. The zero-order chi connectivity index (χ0) is 15.2. The van der Waals surface area contributed by atoms with E-state index in [0.29, 0.717) is 29.9 Å². The highest BCUT2D eigenvalue weighted by molar-refractivity contribution is 5.77. The van der Waals surface area contributed by atoms with Crippen molar-refractivity contribution in [1.29, 1.82) is 0 Å². The highest BCUT2D eigenvalue weighted by Crippen LogP contribution is 2.06. The fraction of sp³-hybridized carbons (Fsp3) is 0.357. The number of nitrogens with one attached hydrogen (secondary N) is 2. The Morgan fingerprint density at radius 1 is 1.33 bits per heavy atom. The molecule has 2 N–H and O–H groups in total. The van der Waals surface area contributed by atoms with Crippen molar-refractivity contribution in [3.63, 3.8) is 0 Å². The molecule has 112 valence electrons. The van der Waals surface area contributed by atoms with E-state index in [1.807, 2.05) is 6.07 Å². The van der Waals surface area contributed by atoms with Gasteiger partial charge in [0, 0.05) is 20.7 Å². The van der Waals surface area contributed by atoms with Gasteiger partial charge >= 0.3 is 6.03 Å². The number of para-hydroxylation sites is 1. The van der Waals surface area contributed by atoms with Crippen molar-refractivity contribution in [2.45, 2.75) is 6.54 Å². The van der Waals surface area contributed by atoms with Gasteiger partial charge < -0.3 is 15.4 Å². The zero-order valence-electron chi connectivity index (χ0n) is 12.0. The second kappa shape index (κ2) is 6.85. The highest BCUT2D eigenvalue weighted by Gasteiger charge is 2.08. The van der Waals surface area contributed by atoms with Crippen LogP contribution in [0.3, 0.4) is 0 Å². The molecular formula is C14H18N4O3. The van der Waals surface area contributed by atoms with E-state index in [2.05, 4.69) is 15.6 Å². The molecule has 1 aromatic heterocycles. The van der Waals surface area contributed by atoms with Gasteiger partial charge in [0.05, 0.1) is 24.1 Å². The van der Waals surface area contributed by atoms with E-state index in [4.69, 9.17) is 4.74 Å². The van der Waals surface area contributed by atoms with Crippen LogP contribution in [0.25, 0.3) is 10.9 Å². The molecule has 2 rings (SSSR count). The fourth-order valence-corrected chi connectivity index (χ4v) is 1.91. The van der Waals surface area contributed by atoms with Gasteiger partial charge in [0.1, 0.15) is 5.82 Å². The van der Waals surface area contributed by atoms with Gasteiger partial charge in [-0.1, -0.05) is 12.1 Å². The van der Waals surface area contributed by atoms with Crippen molar-refractivity contribution in [3.05, 3.63) is 40.4 Å². The molecule has 7 heteroatoms. The smallest absolute Gasteiger partial charge is 0.315 e. The number of ether oxygens (including phenoxy) is 1. The molecule has 21 heavy (non-hydrogen) atoms. The number of hydrogen-bond acceptors (Lipinski definition) is 4. The van der Waals surface area contributed by atoms with Crippen LogP contribution in [0.1, 0.15) is 5.82 Å². The third kappa shape index (κ3) is 3.57. The van der Waals surface area contributed by atoms with Crippen molar-refractivity contribution in [2.24, 2.45) is 7.05 Å². The van der Waals surface area contributed by atoms with Crippen LogP contribution < -0.4 is 16.2 Å². The van der Waals surface area contributed by atoms with Gasteiger partial charge in [0.2, 0.25) is 0 Å². The first-order valence-electron chi connectivity index (χ1n) is 6.58. The van der Waals surface area contributed by atoms with Crippen LogP contribution in [0.15, 0.2) is 29.1 Å². The number of hydrogen-bond donors (Lipinski definition) is 2. The molecule has 0 spiro atoms. The molecule has 0 saturated heterocycles. The van der Waals surface area contributed by atoms with Gasteiger partial charge in [-0.15, -0.1) is 0 Å². The second-order valence-electron chi connectivity index (χ2n) is 4.51. The maximum absolute atomic E-state index is 12.2. The van der Waals surface area contributed by atoms with Gasteiger partial charge in [-0.25, -0.2) is 9.78 Å². The summed E-state index contributed by atoms with van der Waals surface area (Å²) in [5, 5.41) is 5.86. The van der Waals surface area contributed by atoms with Gasteiger partial charge in [-0.05, 0) is 12.1 Å². The van der Waals surface area contributed by atoms with E-state index in [-0.39, 0.29) is 18.1 Å². The van der Waals surface area contributed by atoms with Crippen LogP contribution in [0, 0.1) is 0 Å². The summed E-state index contributed by atoms with van der Waals surface area (Å²) in [5.41, 5.74) is 0.495. The molecule has 7 nitrogen and oxygen atoms in total. The lowest BCUT2D eigenvalue weighted by molar-refractivity contribution is 0.195. The van der Waals surface area contributed by atoms with Crippen molar-refractivity contribution in [1.82, 2.24) is 20.2 Å². The molecular weight excluding hydrogens is 272 g/mol. The summed E-state index contributed by atoms with van der Waals surface area (Å²) in [6.07, 6.45) is 0. The molecule has 0 aliphatic heterocycles. The number of nitrogens with zero attached hydrogens (tertiary/aromatic N) is 2. The van der Waals surface area contributed by atoms with Crippen LogP contribution in [-0.4, -0.2) is 35.8 Å². The lowest BCUT2D eigenvalue weighted by atomic mass is 10.2. The minimum atomic E-state index is -0.325. The highest BCUT2D eigenvalue weighted by atomic mass is 16.5. The second-order valence-corrected chi connectivity index (χ2v) is 4.51. The number of carbonyl (C=O) groups excluding carboxylic acids is 1. The minimum absolute atomic E-state index is 0.128. The zero-order valence-corrected chi connectivity index (χ0v) is 12.0. The number of aromatic nitrogens is 2. The molecule has 2 amide bonds. The molecule has 0 saturated carbocycles. The van der Waals surface area contributed by atoms with Gasteiger partial charge in [0.25, 0.3) is 5.56 Å². The number of amides is 2. The van der Waals surface area contributed by atoms with Crippen LogP contribution in [0.4, 0.5) is 4.79 Å². The first-order valence-corrected chi connectivity index (χ1v) is 6.58. The summed E-state index contributed by atoms with van der Waals surface area (Å²) in [6, 6.07) is 6.81. The summed E-state index contributed by atoms with van der Waals surface area (Å²) >= 11 is 0. The van der Waals surface area contributed by atoms with Crippen LogP contribution >= 0.6 is 0 Å². The van der Waals surface area contributed by atoms with Crippen molar-refractivity contribution in [3.8, 4) is 0 Å². The Bertz CT molecular complexity index is 696. The number of carbonyl (C=O) groups is 1. The first-order chi connectivity index (χ1) is 10.1. The summed E-state index contributed by atoms with van der Waals surface area (Å²) in [5.74, 6) is 0.501. The lowest BCUT2D eigenvalue weighted by Crippen LogP contribution is -2.38. The lowest BCUT2D eigenvalue weighted by Gasteiger charge is -2.11. The summed E-state index contributed by atoms with van der Waals surface area (Å²) in [6.45, 7) is 1.04. The average molecular weight is 290 g/mol. The summed E-state index contributed by atoms with van der Waals surface area (Å²) in [4.78, 5) is 28.1. The standard InChI is InChI=1S/C14H18N4O3/c1-18-12(9-16-14(20)15-7-8-21-2)17-11-6-4-3-5-10(11)13(18)19/h3-6H,7-9H2,1-2H3,(H2,15,16,20). The van der Waals surface area contributed by atoms with Gasteiger partial charge in [-0.2, -0.15) is 0 Å². The van der Waals surface area contributed by atoms with E-state index in [9.17, 15) is 9.59 Å². The molecule has 0 fully saturated rings. The topological polar surface area (TPSA) is 85.2 Å². The molecule has 1 aromatic carbocycles. The maximum atomic E-state index is 12.2. The molecule has 1 heterocycles. The van der Waals surface area contributed by atoms with Crippen molar-refractivity contribution < 1.29 is 9.53 Å². The third-order valence-electron chi connectivity index (χ3n) is 3.07. The summed E-state index contributed by atoms with van der Waals surface area (Å²) in [7, 11) is 3.20. The van der Waals surface area contributed by atoms with E-state index < -0.39 is 0 Å². The number of methoxy groups -OCH3 is 1. The number of rotatable bonds is 5. The maximum Gasteiger partial charge on any atom is 0.315 e. The Morgan fingerprint density at radius 2 is 2.10 bits per heavy atom. The Kier molecular flexibility index (Phi) is 4.89.